The Morgan fingerprint density at radius 1 is 1.63 bits per heavy atom. The zero-order chi connectivity index (χ0) is 14.2. The first-order valence-electron chi connectivity index (χ1n) is 6.36. The van der Waals surface area contributed by atoms with Crippen LogP contribution in [0.4, 0.5) is 8.78 Å². The second-order valence-corrected chi connectivity index (χ2v) is 5.67. The van der Waals surface area contributed by atoms with Crippen LogP contribution in [0.15, 0.2) is 0 Å². The third-order valence-electron chi connectivity index (χ3n) is 3.92. The summed E-state index contributed by atoms with van der Waals surface area (Å²) in [5.41, 5.74) is 4.36. The summed E-state index contributed by atoms with van der Waals surface area (Å²) in [5, 5.41) is 4.77. The minimum Gasteiger partial charge on any atom is -0.271 e. The Bertz CT molecular complexity index is 461. The maximum Gasteiger partial charge on any atom is 0.248 e. The van der Waals surface area contributed by atoms with Crippen LogP contribution in [0.25, 0.3) is 0 Å². The third kappa shape index (κ3) is 3.07. The lowest BCUT2D eigenvalue weighted by atomic mass is 9.93. The van der Waals surface area contributed by atoms with Crippen LogP contribution < -0.4 is 11.3 Å². The molecule has 1 aromatic heterocycles. The second-order valence-electron chi connectivity index (χ2n) is 5.31. The maximum atomic E-state index is 13.3. The molecule has 1 aliphatic carbocycles. The Hall–Kier alpha value is -0.720. The van der Waals surface area contributed by atoms with E-state index in [0.717, 1.165) is 11.3 Å². The topological polar surface area (TPSA) is 55.9 Å². The number of hydrogen-bond donors (Lipinski definition) is 2. The van der Waals surface area contributed by atoms with E-state index in [9.17, 15) is 8.78 Å². The molecule has 19 heavy (non-hydrogen) atoms. The van der Waals surface area contributed by atoms with E-state index >= 15 is 0 Å². The highest BCUT2D eigenvalue weighted by molar-refractivity contribution is 6.30. The quantitative estimate of drug-likeness (QED) is 0.661. The number of hydrogen-bond acceptors (Lipinski definition) is 3. The first kappa shape index (κ1) is 14.7. The minimum atomic E-state index is -2.56. The summed E-state index contributed by atoms with van der Waals surface area (Å²) in [6.07, 6.45) is 0.836. The number of alkyl halides is 2. The molecule has 2 atom stereocenters. The van der Waals surface area contributed by atoms with Crippen molar-refractivity contribution in [1.29, 1.82) is 0 Å². The fourth-order valence-electron chi connectivity index (χ4n) is 2.82. The van der Waals surface area contributed by atoms with E-state index in [1.54, 1.807) is 11.7 Å². The van der Waals surface area contributed by atoms with Gasteiger partial charge in [-0.1, -0.05) is 11.6 Å². The summed E-state index contributed by atoms with van der Waals surface area (Å²) < 4.78 is 28.1. The van der Waals surface area contributed by atoms with Crippen LogP contribution in [0.2, 0.25) is 5.15 Å². The molecule has 3 N–H and O–H groups in total. The summed E-state index contributed by atoms with van der Waals surface area (Å²) in [6, 6.07) is -0.200. The normalized spacial score (nSPS) is 23.8. The molecular weight excluding hydrogens is 274 g/mol. The fraction of sp³-hybridized carbons (Fsp3) is 0.750. The molecule has 2 unspecified atom stereocenters. The van der Waals surface area contributed by atoms with E-state index in [1.165, 1.54) is 0 Å². The van der Waals surface area contributed by atoms with Crippen molar-refractivity contribution in [2.75, 3.05) is 0 Å². The van der Waals surface area contributed by atoms with E-state index < -0.39 is 5.92 Å². The molecule has 7 heteroatoms. The number of nitrogens with two attached hydrogens (primary N) is 1. The summed E-state index contributed by atoms with van der Waals surface area (Å²) >= 11 is 6.16. The molecule has 0 spiro atoms. The molecule has 0 aliphatic heterocycles. The van der Waals surface area contributed by atoms with Crippen molar-refractivity contribution in [2.45, 2.75) is 44.6 Å². The van der Waals surface area contributed by atoms with Gasteiger partial charge in [-0.3, -0.25) is 16.0 Å². The van der Waals surface area contributed by atoms with E-state index in [-0.39, 0.29) is 24.8 Å². The average Bonchev–Trinajstić information content (AvgIpc) is 2.79. The predicted octanol–water partition coefficient (Wildman–Crippen LogP) is 2.19. The van der Waals surface area contributed by atoms with Crippen LogP contribution in [-0.4, -0.2) is 21.7 Å². The number of nitrogens with one attached hydrogen (secondary N) is 1. The number of aromatic nitrogens is 2. The lowest BCUT2D eigenvalue weighted by Crippen LogP contribution is -2.42. The molecule has 0 amide bonds. The molecule has 108 valence electrons. The van der Waals surface area contributed by atoms with Gasteiger partial charge in [-0.25, -0.2) is 8.78 Å². The van der Waals surface area contributed by atoms with Gasteiger partial charge in [0.25, 0.3) is 0 Å². The molecule has 2 rings (SSSR count). The summed E-state index contributed by atoms with van der Waals surface area (Å²) in [5.74, 6) is 2.84. The Balaban J connectivity index is 2.11. The fourth-order valence-corrected chi connectivity index (χ4v) is 3.07. The highest BCUT2D eigenvalue weighted by Gasteiger charge is 2.42. The summed E-state index contributed by atoms with van der Waals surface area (Å²) in [7, 11) is 1.76. The SMILES string of the molecule is Cc1nn(C)c(Cl)c1CC(NN)C1CCC(F)(F)C1. The number of nitrogens with zero attached hydrogens (tertiary/aromatic N) is 2. The van der Waals surface area contributed by atoms with Gasteiger partial charge >= 0.3 is 0 Å². The minimum absolute atomic E-state index is 0.0599. The van der Waals surface area contributed by atoms with Gasteiger partial charge < -0.3 is 0 Å². The van der Waals surface area contributed by atoms with E-state index in [4.69, 9.17) is 17.4 Å². The molecule has 1 saturated carbocycles. The number of aryl methyl sites for hydroxylation is 2. The van der Waals surface area contributed by atoms with Crippen molar-refractivity contribution in [1.82, 2.24) is 15.2 Å². The Morgan fingerprint density at radius 3 is 2.74 bits per heavy atom. The lowest BCUT2D eigenvalue weighted by molar-refractivity contribution is 0.00331. The summed E-state index contributed by atoms with van der Waals surface area (Å²) in [6.45, 7) is 1.86. The Kier molecular flexibility index (Phi) is 4.13. The predicted molar refractivity (Wildman–Crippen MR) is 70.1 cm³/mol. The standard InChI is InChI=1S/C12H19ClF2N4/c1-7-9(11(13)19(2)18-7)5-10(17-16)8-3-4-12(14,15)6-8/h8,10,17H,3-6,16H2,1-2H3. The van der Waals surface area contributed by atoms with Gasteiger partial charge in [0.05, 0.1) is 5.69 Å². The Morgan fingerprint density at radius 2 is 2.32 bits per heavy atom. The van der Waals surface area contributed by atoms with Crippen LogP contribution in [0, 0.1) is 12.8 Å². The zero-order valence-electron chi connectivity index (χ0n) is 11.1. The highest BCUT2D eigenvalue weighted by Crippen LogP contribution is 2.41. The van der Waals surface area contributed by atoms with Crippen LogP contribution in [-0.2, 0) is 13.5 Å². The van der Waals surface area contributed by atoms with Crippen LogP contribution >= 0.6 is 11.6 Å². The first-order valence-corrected chi connectivity index (χ1v) is 6.74. The highest BCUT2D eigenvalue weighted by atomic mass is 35.5. The van der Waals surface area contributed by atoms with Crippen molar-refractivity contribution >= 4 is 11.6 Å². The Labute approximate surface area is 116 Å². The van der Waals surface area contributed by atoms with Gasteiger partial charge in [-0.05, 0) is 25.7 Å². The largest absolute Gasteiger partial charge is 0.271 e. The molecule has 0 bridgehead atoms. The molecule has 4 nitrogen and oxygen atoms in total. The van der Waals surface area contributed by atoms with Gasteiger partial charge in [0.15, 0.2) is 0 Å². The van der Waals surface area contributed by atoms with Crippen molar-refractivity contribution in [3.05, 3.63) is 16.4 Å². The van der Waals surface area contributed by atoms with Crippen molar-refractivity contribution in [3.63, 3.8) is 0 Å². The van der Waals surface area contributed by atoms with Crippen molar-refractivity contribution in [3.8, 4) is 0 Å². The zero-order valence-corrected chi connectivity index (χ0v) is 11.8. The molecule has 1 aromatic rings. The van der Waals surface area contributed by atoms with Gasteiger partial charge in [0, 0.05) is 31.5 Å². The average molecular weight is 293 g/mol. The first-order chi connectivity index (χ1) is 8.84. The lowest BCUT2D eigenvalue weighted by Gasteiger charge is -2.22. The molecule has 0 aromatic carbocycles. The molecule has 0 radical (unpaired) electrons. The number of rotatable bonds is 4. The maximum absolute atomic E-state index is 13.3. The second kappa shape index (κ2) is 5.34. The van der Waals surface area contributed by atoms with E-state index in [2.05, 4.69) is 10.5 Å². The molecule has 1 aliphatic rings. The van der Waals surface area contributed by atoms with Gasteiger partial charge in [0.2, 0.25) is 5.92 Å². The van der Waals surface area contributed by atoms with Crippen molar-refractivity contribution in [2.24, 2.45) is 18.8 Å². The monoisotopic (exact) mass is 292 g/mol. The summed E-state index contributed by atoms with van der Waals surface area (Å²) in [4.78, 5) is 0. The third-order valence-corrected chi connectivity index (χ3v) is 4.39. The molecular formula is C12H19ClF2N4. The number of hydrazine groups is 1. The number of halogens is 3. The molecule has 1 fully saturated rings. The molecule has 0 saturated heterocycles. The van der Waals surface area contributed by atoms with Gasteiger partial charge in [-0.2, -0.15) is 5.10 Å². The van der Waals surface area contributed by atoms with E-state index in [1.807, 2.05) is 6.92 Å². The molecule has 1 heterocycles. The van der Waals surface area contributed by atoms with E-state index in [0.29, 0.717) is 18.0 Å². The van der Waals surface area contributed by atoms with Crippen LogP contribution in [0.1, 0.15) is 30.5 Å². The van der Waals surface area contributed by atoms with Crippen LogP contribution in [0.3, 0.4) is 0 Å². The van der Waals surface area contributed by atoms with Gasteiger partial charge in [0.1, 0.15) is 5.15 Å². The van der Waals surface area contributed by atoms with Crippen LogP contribution in [0.5, 0.6) is 0 Å². The smallest absolute Gasteiger partial charge is 0.248 e. The van der Waals surface area contributed by atoms with Crippen molar-refractivity contribution < 1.29 is 8.78 Å². The van der Waals surface area contributed by atoms with Gasteiger partial charge in [-0.15, -0.1) is 0 Å².